The molecule has 0 unspecified atom stereocenters. The monoisotopic (exact) mass is 413 g/mol. The van der Waals surface area contributed by atoms with Gasteiger partial charge in [0.2, 0.25) is 5.91 Å². The lowest BCUT2D eigenvalue weighted by atomic mass is 10.3. The fourth-order valence-corrected chi connectivity index (χ4v) is 5.83. The van der Waals surface area contributed by atoms with Gasteiger partial charge in [-0.3, -0.25) is 9.69 Å². The molecule has 0 aliphatic carbocycles. The number of anilines is 1. The van der Waals surface area contributed by atoms with Gasteiger partial charge < -0.3 is 5.32 Å². The SMILES string of the molecule is Cc1ccc(S(=O)(=O)N2CCN(CC(=O)Nc3cccc(Cl)c3)CC2)s1. The summed E-state index contributed by atoms with van der Waals surface area (Å²) in [5.74, 6) is -0.141. The van der Waals surface area contributed by atoms with Gasteiger partial charge in [0.15, 0.2) is 0 Å². The van der Waals surface area contributed by atoms with E-state index in [9.17, 15) is 13.2 Å². The highest BCUT2D eigenvalue weighted by Gasteiger charge is 2.30. The zero-order valence-corrected chi connectivity index (χ0v) is 16.7. The number of thiophene rings is 1. The van der Waals surface area contributed by atoms with Crippen molar-refractivity contribution in [2.45, 2.75) is 11.1 Å². The fraction of sp³-hybridized carbons (Fsp3) is 0.353. The summed E-state index contributed by atoms with van der Waals surface area (Å²) in [5.41, 5.74) is 0.650. The first kappa shape index (κ1) is 19.3. The number of carbonyl (C=O) groups is 1. The lowest BCUT2D eigenvalue weighted by Gasteiger charge is -2.33. The van der Waals surface area contributed by atoms with E-state index in [-0.39, 0.29) is 12.5 Å². The Balaban J connectivity index is 1.53. The molecule has 0 bridgehead atoms. The van der Waals surface area contributed by atoms with Crippen LogP contribution < -0.4 is 5.32 Å². The van der Waals surface area contributed by atoms with E-state index in [4.69, 9.17) is 11.6 Å². The number of benzene rings is 1. The summed E-state index contributed by atoms with van der Waals surface area (Å²) in [7, 11) is -3.44. The number of piperazine rings is 1. The normalized spacial score (nSPS) is 16.5. The molecule has 1 saturated heterocycles. The van der Waals surface area contributed by atoms with Crippen LogP contribution in [0.2, 0.25) is 5.02 Å². The molecule has 140 valence electrons. The highest BCUT2D eigenvalue weighted by molar-refractivity contribution is 7.91. The lowest BCUT2D eigenvalue weighted by Crippen LogP contribution is -2.50. The van der Waals surface area contributed by atoms with Crippen molar-refractivity contribution in [1.82, 2.24) is 9.21 Å². The highest BCUT2D eigenvalue weighted by atomic mass is 35.5. The van der Waals surface area contributed by atoms with Gasteiger partial charge in [-0.15, -0.1) is 11.3 Å². The Morgan fingerprint density at radius 2 is 1.92 bits per heavy atom. The fourth-order valence-electron chi connectivity index (χ4n) is 2.78. The number of hydrogen-bond donors (Lipinski definition) is 1. The van der Waals surface area contributed by atoms with Gasteiger partial charge in [-0.25, -0.2) is 8.42 Å². The summed E-state index contributed by atoms with van der Waals surface area (Å²) in [6, 6.07) is 10.4. The second kappa shape index (κ2) is 8.06. The number of nitrogens with one attached hydrogen (secondary N) is 1. The molecule has 26 heavy (non-hydrogen) atoms. The molecule has 2 heterocycles. The van der Waals surface area contributed by atoms with E-state index >= 15 is 0 Å². The second-order valence-corrected chi connectivity index (χ2v) is 9.99. The minimum atomic E-state index is -3.44. The van der Waals surface area contributed by atoms with Crippen molar-refractivity contribution in [1.29, 1.82) is 0 Å². The summed E-state index contributed by atoms with van der Waals surface area (Å²) in [6.07, 6.45) is 0. The molecule has 0 atom stereocenters. The molecule has 1 aromatic carbocycles. The van der Waals surface area contributed by atoms with Crippen molar-refractivity contribution in [3.63, 3.8) is 0 Å². The first-order chi connectivity index (χ1) is 12.3. The average molecular weight is 414 g/mol. The van der Waals surface area contributed by atoms with Crippen molar-refractivity contribution >= 4 is 44.6 Å². The van der Waals surface area contributed by atoms with Gasteiger partial charge in [0, 0.05) is 41.8 Å². The maximum absolute atomic E-state index is 12.6. The smallest absolute Gasteiger partial charge is 0.252 e. The summed E-state index contributed by atoms with van der Waals surface area (Å²) < 4.78 is 27.1. The maximum atomic E-state index is 12.6. The molecule has 0 spiro atoms. The topological polar surface area (TPSA) is 69.7 Å². The summed E-state index contributed by atoms with van der Waals surface area (Å²) in [5, 5.41) is 3.37. The molecule has 0 radical (unpaired) electrons. The molecule has 2 aromatic rings. The van der Waals surface area contributed by atoms with Gasteiger partial charge in [-0.1, -0.05) is 17.7 Å². The first-order valence-corrected chi connectivity index (χ1v) is 10.8. The maximum Gasteiger partial charge on any atom is 0.252 e. The van der Waals surface area contributed by atoms with Crippen LogP contribution in [0.1, 0.15) is 4.88 Å². The van der Waals surface area contributed by atoms with Gasteiger partial charge in [0.25, 0.3) is 10.0 Å². The zero-order valence-electron chi connectivity index (χ0n) is 14.3. The Bertz CT molecular complexity index is 890. The van der Waals surface area contributed by atoms with Crippen LogP contribution in [0.15, 0.2) is 40.6 Å². The average Bonchev–Trinajstić information content (AvgIpc) is 3.02. The Morgan fingerprint density at radius 3 is 2.54 bits per heavy atom. The Morgan fingerprint density at radius 1 is 1.19 bits per heavy atom. The van der Waals surface area contributed by atoms with E-state index in [2.05, 4.69) is 5.32 Å². The van der Waals surface area contributed by atoms with Crippen molar-refractivity contribution < 1.29 is 13.2 Å². The molecular formula is C17H20ClN3O3S2. The molecule has 1 amide bonds. The van der Waals surface area contributed by atoms with E-state index < -0.39 is 10.0 Å². The van der Waals surface area contributed by atoms with Gasteiger partial charge in [0.1, 0.15) is 4.21 Å². The number of amides is 1. The number of nitrogens with zero attached hydrogens (tertiary/aromatic N) is 2. The third-order valence-electron chi connectivity index (χ3n) is 4.12. The predicted molar refractivity (Wildman–Crippen MR) is 104 cm³/mol. The number of rotatable bonds is 5. The number of halogens is 1. The third-order valence-corrected chi connectivity index (χ3v) is 7.72. The molecule has 1 N–H and O–H groups in total. The van der Waals surface area contributed by atoms with Crippen LogP contribution in [0, 0.1) is 6.92 Å². The zero-order chi connectivity index (χ0) is 18.7. The predicted octanol–water partition coefficient (Wildman–Crippen LogP) is 2.65. The Kier molecular flexibility index (Phi) is 5.99. The third kappa shape index (κ3) is 4.63. The first-order valence-electron chi connectivity index (χ1n) is 8.19. The largest absolute Gasteiger partial charge is 0.325 e. The van der Waals surface area contributed by atoms with Gasteiger partial charge in [-0.05, 0) is 37.3 Å². The Labute approximate surface area is 162 Å². The van der Waals surface area contributed by atoms with Crippen LogP contribution in [0.4, 0.5) is 5.69 Å². The molecule has 1 fully saturated rings. The summed E-state index contributed by atoms with van der Waals surface area (Å²) in [4.78, 5) is 15.1. The molecule has 1 aliphatic rings. The minimum absolute atomic E-state index is 0.141. The standard InChI is InChI=1S/C17H20ClN3O3S2/c1-13-5-6-17(25-13)26(23,24)21-9-7-20(8-10-21)12-16(22)19-15-4-2-3-14(18)11-15/h2-6,11H,7-10,12H2,1H3,(H,19,22). The Hall–Kier alpha value is -1.45. The highest BCUT2D eigenvalue weighted by Crippen LogP contribution is 2.25. The van der Waals surface area contributed by atoms with E-state index in [1.54, 1.807) is 30.3 Å². The van der Waals surface area contributed by atoms with Gasteiger partial charge in [-0.2, -0.15) is 4.31 Å². The molecule has 0 saturated carbocycles. The van der Waals surface area contributed by atoms with Gasteiger partial charge >= 0.3 is 0 Å². The molecular weight excluding hydrogens is 394 g/mol. The lowest BCUT2D eigenvalue weighted by molar-refractivity contribution is -0.117. The van der Waals surface area contributed by atoms with Crippen molar-refractivity contribution in [3.05, 3.63) is 46.3 Å². The van der Waals surface area contributed by atoms with Crippen LogP contribution in [0.3, 0.4) is 0 Å². The quantitative estimate of drug-likeness (QED) is 0.818. The van der Waals surface area contributed by atoms with Crippen LogP contribution in [-0.4, -0.2) is 56.3 Å². The summed E-state index contributed by atoms with van der Waals surface area (Å²) >= 11 is 7.19. The van der Waals surface area contributed by atoms with Crippen LogP contribution >= 0.6 is 22.9 Å². The molecule has 3 rings (SSSR count). The molecule has 6 nitrogen and oxygen atoms in total. The van der Waals surface area contributed by atoms with E-state index in [1.165, 1.54) is 15.6 Å². The second-order valence-electron chi connectivity index (χ2n) is 6.10. The van der Waals surface area contributed by atoms with Crippen LogP contribution in [-0.2, 0) is 14.8 Å². The number of aryl methyl sites for hydroxylation is 1. The van der Waals surface area contributed by atoms with Crippen molar-refractivity contribution in [3.8, 4) is 0 Å². The van der Waals surface area contributed by atoms with Crippen molar-refractivity contribution in [2.75, 3.05) is 38.0 Å². The number of carbonyl (C=O) groups excluding carboxylic acids is 1. The van der Waals surface area contributed by atoms with E-state index in [1.807, 2.05) is 17.9 Å². The minimum Gasteiger partial charge on any atom is -0.325 e. The molecule has 1 aromatic heterocycles. The number of hydrogen-bond acceptors (Lipinski definition) is 5. The van der Waals surface area contributed by atoms with Crippen LogP contribution in [0.25, 0.3) is 0 Å². The summed E-state index contributed by atoms with van der Waals surface area (Å²) in [6.45, 7) is 3.91. The number of sulfonamides is 1. The van der Waals surface area contributed by atoms with Crippen molar-refractivity contribution in [2.24, 2.45) is 0 Å². The molecule has 9 heteroatoms. The molecule has 1 aliphatic heterocycles. The van der Waals surface area contributed by atoms with E-state index in [0.717, 1.165) is 4.88 Å². The van der Waals surface area contributed by atoms with Crippen LogP contribution in [0.5, 0.6) is 0 Å². The van der Waals surface area contributed by atoms with E-state index in [0.29, 0.717) is 41.1 Å². The van der Waals surface area contributed by atoms with Gasteiger partial charge in [0.05, 0.1) is 6.54 Å².